The van der Waals surface area contributed by atoms with Gasteiger partial charge in [0.1, 0.15) is 41.4 Å². The number of hydrogen-bond acceptors (Lipinski definition) is 10. The van der Waals surface area contributed by atoms with Crippen molar-refractivity contribution in [1.82, 2.24) is 0 Å². The molecule has 10 heteroatoms. The second-order valence-electron chi connectivity index (χ2n) is 10.6. The van der Waals surface area contributed by atoms with Gasteiger partial charge in [0.05, 0.1) is 0 Å². The number of rotatable bonds is 11. The zero-order valence-electron chi connectivity index (χ0n) is 25.0. The third-order valence-corrected chi connectivity index (χ3v) is 6.92. The molecule has 3 aromatic carbocycles. The zero-order chi connectivity index (χ0) is 32.7. The minimum atomic E-state index is -0.605. The minimum Gasteiger partial charge on any atom is -0.508 e. The Morgan fingerprint density at radius 2 is 1.62 bits per heavy atom. The molecule has 0 unspecified atom stereocenters. The van der Waals surface area contributed by atoms with E-state index < -0.39 is 17.1 Å². The van der Waals surface area contributed by atoms with Crippen molar-refractivity contribution >= 4 is 23.0 Å². The van der Waals surface area contributed by atoms with Crippen LogP contribution in [0.25, 0.3) is 28.4 Å². The molecule has 0 aliphatic rings. The van der Waals surface area contributed by atoms with Crippen molar-refractivity contribution in [1.29, 1.82) is 0 Å². The van der Waals surface area contributed by atoms with E-state index in [-0.39, 0.29) is 58.7 Å². The highest BCUT2D eigenvalue weighted by Gasteiger charge is 2.21. The number of allylic oxidation sites excluding steroid dienone is 2. The van der Waals surface area contributed by atoms with Crippen LogP contribution in [0.15, 0.2) is 87.1 Å². The Labute approximate surface area is 259 Å². The molecule has 0 radical (unpaired) electrons. The predicted octanol–water partition coefficient (Wildman–Crippen LogP) is 6.60. The Kier molecular flexibility index (Phi) is 10.2. The van der Waals surface area contributed by atoms with Crippen LogP contribution in [0.3, 0.4) is 0 Å². The monoisotopic (exact) mass is 614 g/mol. The van der Waals surface area contributed by atoms with Gasteiger partial charge < -0.3 is 39.4 Å². The maximum absolute atomic E-state index is 13.4. The molecule has 0 amide bonds. The van der Waals surface area contributed by atoms with Gasteiger partial charge in [0.2, 0.25) is 11.2 Å². The van der Waals surface area contributed by atoms with Gasteiger partial charge in [0, 0.05) is 23.8 Å². The number of phenolic OH excluding ortho intramolecular Hbond substituents is 5. The summed E-state index contributed by atoms with van der Waals surface area (Å²) in [6, 6.07) is 11.2. The number of phenols is 5. The summed E-state index contributed by atoms with van der Waals surface area (Å²) in [5, 5.41) is 49.0. The molecule has 1 aromatic heterocycles. The van der Waals surface area contributed by atoms with E-state index in [4.69, 9.17) is 13.9 Å². The number of hydrogen-bond donors (Lipinski definition) is 5. The molecule has 0 saturated carbocycles. The SMILES string of the molecule is C/C(=C\COC(=O)/C=C/c1ccc(O)c(O)c1)CC/C=C(\C)COc1c(-c2ccc(O)c(C)c2)oc2cc(O)cc(O)c2c1=O. The van der Waals surface area contributed by atoms with E-state index in [1.807, 2.05) is 19.9 Å². The van der Waals surface area contributed by atoms with E-state index in [2.05, 4.69) is 0 Å². The first kappa shape index (κ1) is 32.3. The lowest BCUT2D eigenvalue weighted by Gasteiger charge is -2.13. The van der Waals surface area contributed by atoms with Gasteiger partial charge in [-0.3, -0.25) is 4.79 Å². The summed E-state index contributed by atoms with van der Waals surface area (Å²) in [5.74, 6) is -1.73. The van der Waals surface area contributed by atoms with E-state index >= 15 is 0 Å². The Morgan fingerprint density at radius 1 is 0.867 bits per heavy atom. The summed E-state index contributed by atoms with van der Waals surface area (Å²) in [7, 11) is 0. The van der Waals surface area contributed by atoms with Crippen molar-refractivity contribution in [3.8, 4) is 45.8 Å². The van der Waals surface area contributed by atoms with E-state index in [9.17, 15) is 35.1 Å². The number of benzene rings is 3. The van der Waals surface area contributed by atoms with Crippen LogP contribution in [0.4, 0.5) is 0 Å². The average molecular weight is 615 g/mol. The molecule has 0 aliphatic carbocycles. The van der Waals surface area contributed by atoms with E-state index in [0.717, 1.165) is 17.2 Å². The Morgan fingerprint density at radius 3 is 2.36 bits per heavy atom. The lowest BCUT2D eigenvalue weighted by molar-refractivity contribution is -0.136. The molecule has 5 N–H and O–H groups in total. The third kappa shape index (κ3) is 8.26. The van der Waals surface area contributed by atoms with Gasteiger partial charge in [0.15, 0.2) is 17.3 Å². The lowest BCUT2D eigenvalue weighted by Crippen LogP contribution is -2.12. The Hall–Kier alpha value is -5.64. The number of aromatic hydroxyl groups is 5. The summed E-state index contributed by atoms with van der Waals surface area (Å²) >= 11 is 0. The molecule has 45 heavy (non-hydrogen) atoms. The van der Waals surface area contributed by atoms with Crippen LogP contribution in [0.2, 0.25) is 0 Å². The van der Waals surface area contributed by atoms with Crippen molar-refractivity contribution in [3.63, 3.8) is 0 Å². The van der Waals surface area contributed by atoms with Crippen LogP contribution in [-0.4, -0.2) is 44.7 Å². The fraction of sp³-hybridized carbons (Fsp3) is 0.200. The van der Waals surface area contributed by atoms with Crippen LogP contribution in [0, 0.1) is 6.92 Å². The Bertz CT molecular complexity index is 1880. The fourth-order valence-corrected chi connectivity index (χ4v) is 4.40. The maximum atomic E-state index is 13.4. The molecule has 234 valence electrons. The third-order valence-electron chi connectivity index (χ3n) is 6.92. The first-order chi connectivity index (χ1) is 21.4. The van der Waals surface area contributed by atoms with Gasteiger partial charge in [-0.25, -0.2) is 4.79 Å². The first-order valence-electron chi connectivity index (χ1n) is 14.1. The van der Waals surface area contributed by atoms with Crippen LogP contribution in [-0.2, 0) is 9.53 Å². The van der Waals surface area contributed by atoms with Crippen LogP contribution in [0.1, 0.15) is 37.8 Å². The highest BCUT2D eigenvalue weighted by atomic mass is 16.5. The number of aryl methyl sites for hydroxylation is 1. The first-order valence-corrected chi connectivity index (χ1v) is 14.1. The van der Waals surface area contributed by atoms with Crippen LogP contribution in [0.5, 0.6) is 34.5 Å². The van der Waals surface area contributed by atoms with E-state index in [1.165, 1.54) is 36.4 Å². The fourth-order valence-electron chi connectivity index (χ4n) is 4.40. The van der Waals surface area contributed by atoms with Crippen LogP contribution >= 0.6 is 0 Å². The molecule has 0 bridgehead atoms. The van der Waals surface area contributed by atoms with Gasteiger partial charge in [-0.1, -0.05) is 17.7 Å². The quantitative estimate of drug-likeness (QED) is 0.0537. The molecule has 0 fully saturated rings. The average Bonchev–Trinajstić information content (AvgIpc) is 2.98. The minimum absolute atomic E-state index is 0.0144. The maximum Gasteiger partial charge on any atom is 0.331 e. The van der Waals surface area contributed by atoms with Crippen molar-refractivity contribution in [2.45, 2.75) is 33.6 Å². The number of ether oxygens (including phenoxy) is 2. The lowest BCUT2D eigenvalue weighted by atomic mass is 10.1. The second kappa shape index (κ2) is 14.2. The molecule has 1 heterocycles. The standard InChI is InChI=1S/C35H34O10/c1-20(13-14-43-31(41)12-8-23-7-10-27(38)28(39)16-23)5-4-6-21(2)19-44-35-33(42)32-29(40)17-25(36)18-30(32)45-34(35)24-9-11-26(37)22(3)15-24/h6-13,15-18,36-40H,4-5,14,19H2,1-3H3/b12-8+,20-13+,21-6+. The molecule has 0 atom stereocenters. The number of fused-ring (bicyclic) bond motifs is 1. The van der Waals surface area contributed by atoms with Crippen molar-refractivity contribution < 1.29 is 44.2 Å². The largest absolute Gasteiger partial charge is 0.508 e. The van der Waals surface area contributed by atoms with E-state index in [1.54, 1.807) is 31.2 Å². The molecule has 0 spiro atoms. The highest BCUT2D eigenvalue weighted by molar-refractivity contribution is 5.88. The molecule has 4 rings (SSSR count). The van der Waals surface area contributed by atoms with Gasteiger partial charge in [-0.05, 0) is 92.8 Å². The van der Waals surface area contributed by atoms with Crippen molar-refractivity contribution in [2.24, 2.45) is 0 Å². The van der Waals surface area contributed by atoms with E-state index in [0.29, 0.717) is 29.5 Å². The molecular weight excluding hydrogens is 580 g/mol. The summed E-state index contributed by atoms with van der Waals surface area (Å²) in [6.07, 6.45) is 7.81. The van der Waals surface area contributed by atoms with Crippen molar-refractivity contribution in [2.75, 3.05) is 13.2 Å². The van der Waals surface area contributed by atoms with Gasteiger partial charge in [-0.15, -0.1) is 0 Å². The van der Waals surface area contributed by atoms with Gasteiger partial charge >= 0.3 is 5.97 Å². The summed E-state index contributed by atoms with van der Waals surface area (Å²) in [4.78, 5) is 25.4. The molecule has 4 aromatic rings. The number of esters is 1. The summed E-state index contributed by atoms with van der Waals surface area (Å²) < 4.78 is 17.1. The molecule has 0 aliphatic heterocycles. The number of carbonyl (C=O) groups excluding carboxylic acids is 1. The second-order valence-corrected chi connectivity index (χ2v) is 10.6. The molecule has 0 saturated heterocycles. The molecular formula is C35H34O10. The summed E-state index contributed by atoms with van der Waals surface area (Å²) in [6.45, 7) is 5.62. The summed E-state index contributed by atoms with van der Waals surface area (Å²) in [5.41, 5.74) is 2.78. The predicted molar refractivity (Wildman–Crippen MR) is 170 cm³/mol. The number of carbonyl (C=O) groups is 1. The molecule has 10 nitrogen and oxygen atoms in total. The zero-order valence-corrected chi connectivity index (χ0v) is 25.0. The Balaban J connectivity index is 1.38. The van der Waals surface area contributed by atoms with Gasteiger partial charge in [0.25, 0.3) is 0 Å². The highest BCUT2D eigenvalue weighted by Crippen LogP contribution is 2.37. The van der Waals surface area contributed by atoms with Crippen molar-refractivity contribution in [3.05, 3.63) is 99.3 Å². The topological polar surface area (TPSA) is 167 Å². The van der Waals surface area contributed by atoms with Crippen LogP contribution < -0.4 is 10.2 Å². The normalized spacial score (nSPS) is 12.2. The van der Waals surface area contributed by atoms with Gasteiger partial charge in [-0.2, -0.15) is 0 Å². The smallest absolute Gasteiger partial charge is 0.331 e.